The van der Waals surface area contributed by atoms with Crippen LogP contribution >= 0.6 is 0 Å². The van der Waals surface area contributed by atoms with Gasteiger partial charge in [0.15, 0.2) is 11.3 Å². The van der Waals surface area contributed by atoms with E-state index in [1.807, 2.05) is 13.0 Å². The number of aliphatic hydroxyl groups excluding tert-OH is 1. The molecule has 0 aliphatic carbocycles. The fourth-order valence-electron chi connectivity index (χ4n) is 3.02. The third kappa shape index (κ3) is 2.20. The molecule has 0 saturated heterocycles. The van der Waals surface area contributed by atoms with Gasteiger partial charge in [0.25, 0.3) is 11.5 Å². The fraction of sp³-hybridized carbons (Fsp3) is 0.353. The molecule has 7 nitrogen and oxygen atoms in total. The Morgan fingerprint density at radius 2 is 2.00 bits per heavy atom. The molecule has 126 valence electrons. The first-order valence-electron chi connectivity index (χ1n) is 7.64. The molecule has 2 aromatic heterocycles. The van der Waals surface area contributed by atoms with Crippen molar-refractivity contribution in [3.8, 4) is 0 Å². The summed E-state index contributed by atoms with van der Waals surface area (Å²) in [5, 5.41) is 10.6. The van der Waals surface area contributed by atoms with Gasteiger partial charge in [0.1, 0.15) is 6.33 Å². The molecule has 1 unspecified atom stereocenters. The van der Waals surface area contributed by atoms with Crippen LogP contribution in [-0.2, 0) is 7.05 Å². The number of carbonyl (C=O) groups excluding carboxylic acids is 1. The van der Waals surface area contributed by atoms with Crippen LogP contribution in [0.1, 0.15) is 34.6 Å². The SMILES string of the molecule is Cc1cc(C(C)O)c2c(c1)c(=O)n(C)c1c(C(=O)N(C)C)ncn21. The lowest BCUT2D eigenvalue weighted by molar-refractivity contribution is 0.0824. The highest BCUT2D eigenvalue weighted by atomic mass is 16.3. The molecule has 1 atom stereocenters. The van der Waals surface area contributed by atoms with Gasteiger partial charge in [-0.2, -0.15) is 0 Å². The zero-order valence-corrected chi connectivity index (χ0v) is 14.4. The van der Waals surface area contributed by atoms with Crippen LogP contribution in [0.4, 0.5) is 0 Å². The second-order valence-electron chi connectivity index (χ2n) is 6.28. The maximum absolute atomic E-state index is 12.8. The van der Waals surface area contributed by atoms with Crippen LogP contribution in [-0.4, -0.2) is 44.0 Å². The Morgan fingerprint density at radius 3 is 2.58 bits per heavy atom. The van der Waals surface area contributed by atoms with Gasteiger partial charge in [0.2, 0.25) is 0 Å². The van der Waals surface area contributed by atoms with Crippen molar-refractivity contribution in [1.82, 2.24) is 18.9 Å². The minimum Gasteiger partial charge on any atom is -0.389 e. The summed E-state index contributed by atoms with van der Waals surface area (Å²) < 4.78 is 3.13. The average molecular weight is 328 g/mol. The maximum atomic E-state index is 12.8. The zero-order valence-electron chi connectivity index (χ0n) is 14.4. The zero-order chi connectivity index (χ0) is 17.8. The Labute approximate surface area is 138 Å². The Balaban J connectivity index is 2.57. The van der Waals surface area contributed by atoms with Gasteiger partial charge >= 0.3 is 0 Å². The van der Waals surface area contributed by atoms with E-state index in [1.54, 1.807) is 38.5 Å². The first-order chi connectivity index (χ1) is 11.2. The standard InChI is InChI=1S/C17H20N4O3/c1-9-6-11(10(2)22)14-12(7-9)16(23)20(5)15-13(17(24)19(3)4)18-8-21(14)15/h6-8,10,22H,1-5H3. The Hall–Kier alpha value is -2.67. The van der Waals surface area contributed by atoms with Gasteiger partial charge in [0.05, 0.1) is 17.0 Å². The molecular formula is C17H20N4O3. The number of benzene rings is 1. The van der Waals surface area contributed by atoms with Crippen molar-refractivity contribution in [2.45, 2.75) is 20.0 Å². The number of nitrogens with zero attached hydrogens (tertiary/aromatic N) is 4. The Kier molecular flexibility index (Phi) is 3.68. The summed E-state index contributed by atoms with van der Waals surface area (Å²) in [5.41, 5.74) is 2.50. The molecule has 7 heteroatoms. The van der Waals surface area contributed by atoms with E-state index in [4.69, 9.17) is 0 Å². The molecule has 1 N–H and O–H groups in total. The molecule has 3 aromatic rings. The number of hydrogen-bond donors (Lipinski definition) is 1. The van der Waals surface area contributed by atoms with Gasteiger partial charge < -0.3 is 10.0 Å². The number of hydrogen-bond acceptors (Lipinski definition) is 4. The number of aromatic nitrogens is 3. The summed E-state index contributed by atoms with van der Waals surface area (Å²) in [6.45, 7) is 3.53. The molecule has 0 spiro atoms. The number of imidazole rings is 1. The van der Waals surface area contributed by atoms with Gasteiger partial charge in [0, 0.05) is 26.7 Å². The predicted octanol–water partition coefficient (Wildman–Crippen LogP) is 1.25. The first-order valence-corrected chi connectivity index (χ1v) is 7.64. The number of rotatable bonds is 2. The van der Waals surface area contributed by atoms with Crippen molar-refractivity contribution in [3.63, 3.8) is 0 Å². The van der Waals surface area contributed by atoms with Crippen LogP contribution in [0.15, 0.2) is 23.3 Å². The van der Waals surface area contributed by atoms with Gasteiger partial charge in [-0.25, -0.2) is 4.98 Å². The lowest BCUT2D eigenvalue weighted by Crippen LogP contribution is -2.26. The summed E-state index contributed by atoms with van der Waals surface area (Å²) in [5.74, 6) is -0.280. The first kappa shape index (κ1) is 16.2. The summed E-state index contributed by atoms with van der Waals surface area (Å²) >= 11 is 0. The molecule has 2 heterocycles. The van der Waals surface area contributed by atoms with Crippen LogP contribution in [0, 0.1) is 6.92 Å². The predicted molar refractivity (Wildman–Crippen MR) is 91.3 cm³/mol. The maximum Gasteiger partial charge on any atom is 0.275 e. The van der Waals surface area contributed by atoms with Crippen molar-refractivity contribution in [2.75, 3.05) is 14.1 Å². The number of amides is 1. The molecule has 0 aliphatic heterocycles. The largest absolute Gasteiger partial charge is 0.389 e. The van der Waals surface area contributed by atoms with Crippen molar-refractivity contribution in [1.29, 1.82) is 0 Å². The Bertz CT molecular complexity index is 1030. The minimum absolute atomic E-state index is 0.207. The topological polar surface area (TPSA) is 79.8 Å². The molecule has 0 radical (unpaired) electrons. The van der Waals surface area contributed by atoms with Crippen LogP contribution in [0.25, 0.3) is 16.6 Å². The molecule has 0 bridgehead atoms. The molecule has 1 aromatic carbocycles. The number of aryl methyl sites for hydroxylation is 2. The van der Waals surface area contributed by atoms with E-state index in [1.165, 1.54) is 15.8 Å². The molecule has 1 amide bonds. The van der Waals surface area contributed by atoms with Gasteiger partial charge in [-0.1, -0.05) is 6.07 Å². The summed E-state index contributed by atoms with van der Waals surface area (Å²) in [6, 6.07) is 3.63. The van der Waals surface area contributed by atoms with Crippen molar-refractivity contribution in [2.24, 2.45) is 7.05 Å². The van der Waals surface area contributed by atoms with Gasteiger partial charge in [-0.15, -0.1) is 0 Å². The van der Waals surface area contributed by atoms with Crippen LogP contribution in [0.5, 0.6) is 0 Å². The molecule has 24 heavy (non-hydrogen) atoms. The normalized spacial score (nSPS) is 12.8. The van der Waals surface area contributed by atoms with Gasteiger partial charge in [-0.3, -0.25) is 18.6 Å². The van der Waals surface area contributed by atoms with E-state index in [0.29, 0.717) is 22.1 Å². The fourth-order valence-corrected chi connectivity index (χ4v) is 3.02. The van der Waals surface area contributed by atoms with Crippen LogP contribution in [0.2, 0.25) is 0 Å². The number of fused-ring (bicyclic) bond motifs is 3. The molecule has 0 saturated carbocycles. The summed E-state index contributed by atoms with van der Waals surface area (Å²) in [7, 11) is 4.89. The highest BCUT2D eigenvalue weighted by Crippen LogP contribution is 2.26. The van der Waals surface area contributed by atoms with E-state index in [2.05, 4.69) is 4.98 Å². The van der Waals surface area contributed by atoms with E-state index < -0.39 is 6.10 Å². The van der Waals surface area contributed by atoms with E-state index in [-0.39, 0.29) is 17.2 Å². The van der Waals surface area contributed by atoms with Gasteiger partial charge in [-0.05, 0) is 25.5 Å². The average Bonchev–Trinajstić information content (AvgIpc) is 2.95. The second-order valence-corrected chi connectivity index (χ2v) is 6.28. The Morgan fingerprint density at radius 1 is 1.33 bits per heavy atom. The van der Waals surface area contributed by atoms with E-state index in [0.717, 1.165) is 5.56 Å². The quantitative estimate of drug-likeness (QED) is 0.768. The third-order valence-corrected chi connectivity index (χ3v) is 4.18. The third-order valence-electron chi connectivity index (χ3n) is 4.18. The monoisotopic (exact) mass is 328 g/mol. The number of carbonyl (C=O) groups is 1. The van der Waals surface area contributed by atoms with Crippen molar-refractivity contribution >= 4 is 22.5 Å². The van der Waals surface area contributed by atoms with Crippen LogP contribution in [0.3, 0.4) is 0 Å². The number of aliphatic hydroxyl groups is 1. The van der Waals surface area contributed by atoms with Crippen molar-refractivity contribution in [3.05, 3.63) is 45.6 Å². The van der Waals surface area contributed by atoms with Crippen molar-refractivity contribution < 1.29 is 9.90 Å². The lowest BCUT2D eigenvalue weighted by atomic mass is 10.0. The summed E-state index contributed by atoms with van der Waals surface area (Å²) in [6.07, 6.45) is 0.771. The molecular weight excluding hydrogens is 308 g/mol. The second kappa shape index (κ2) is 5.45. The molecule has 3 rings (SSSR count). The molecule has 0 fully saturated rings. The lowest BCUT2D eigenvalue weighted by Gasteiger charge is -2.15. The van der Waals surface area contributed by atoms with E-state index >= 15 is 0 Å². The summed E-state index contributed by atoms with van der Waals surface area (Å²) in [4.78, 5) is 30.8. The minimum atomic E-state index is -0.752. The van der Waals surface area contributed by atoms with E-state index in [9.17, 15) is 14.7 Å². The smallest absolute Gasteiger partial charge is 0.275 e. The highest BCUT2D eigenvalue weighted by Gasteiger charge is 2.22. The molecule has 0 aliphatic rings. The van der Waals surface area contributed by atoms with Crippen LogP contribution < -0.4 is 5.56 Å². The highest BCUT2D eigenvalue weighted by molar-refractivity contribution is 5.99.